The zero-order chi connectivity index (χ0) is 17.3. The van der Waals surface area contributed by atoms with Crippen LogP contribution in [0.5, 0.6) is 0 Å². The Bertz CT molecular complexity index is 813. The Morgan fingerprint density at radius 3 is 2.79 bits per heavy atom. The number of hydrogen-bond acceptors (Lipinski definition) is 4. The number of nitro groups is 1. The molecule has 1 atom stereocenters. The molecule has 3 rings (SSSR count). The monoisotopic (exact) mass is 331 g/mol. The molecule has 0 bridgehead atoms. The van der Waals surface area contributed by atoms with Gasteiger partial charge in [0.05, 0.1) is 4.92 Å². The Morgan fingerprint density at radius 1 is 1.29 bits per heavy atom. The van der Waals surface area contributed by atoms with Crippen LogP contribution in [0.2, 0.25) is 0 Å². The molecule has 1 amide bonds. The Balaban J connectivity index is 1.82. The van der Waals surface area contributed by atoms with Crippen LogP contribution in [0.3, 0.4) is 0 Å². The third-order valence-electron chi connectivity index (χ3n) is 4.38. The van der Waals surface area contributed by atoms with Crippen LogP contribution in [0, 0.1) is 10.1 Å². The second kappa shape index (κ2) is 6.31. The summed E-state index contributed by atoms with van der Waals surface area (Å²) in [4.78, 5) is 35.6. The highest BCUT2D eigenvalue weighted by Crippen LogP contribution is 2.23. The van der Waals surface area contributed by atoms with Gasteiger partial charge in [0.25, 0.3) is 5.69 Å². The van der Waals surface area contributed by atoms with Crippen LogP contribution in [0.25, 0.3) is 10.9 Å². The van der Waals surface area contributed by atoms with E-state index in [0.717, 1.165) is 12.8 Å². The number of aromatic nitrogens is 1. The number of carboxylic acids is 1. The van der Waals surface area contributed by atoms with E-state index in [1.54, 1.807) is 22.9 Å². The maximum absolute atomic E-state index is 12.5. The number of piperidine rings is 1. The minimum atomic E-state index is -0.976. The quantitative estimate of drug-likeness (QED) is 0.681. The third-order valence-corrected chi connectivity index (χ3v) is 4.38. The van der Waals surface area contributed by atoms with E-state index in [-0.39, 0.29) is 18.1 Å². The number of benzene rings is 1. The highest BCUT2D eigenvalue weighted by Gasteiger charge is 2.31. The van der Waals surface area contributed by atoms with Crippen molar-refractivity contribution in [2.75, 3.05) is 6.54 Å². The largest absolute Gasteiger partial charge is 0.480 e. The van der Waals surface area contributed by atoms with Crippen molar-refractivity contribution in [2.45, 2.75) is 31.8 Å². The van der Waals surface area contributed by atoms with Gasteiger partial charge in [-0.25, -0.2) is 4.79 Å². The molecule has 0 spiro atoms. The summed E-state index contributed by atoms with van der Waals surface area (Å²) in [5.41, 5.74) is 0.700. The lowest BCUT2D eigenvalue weighted by Crippen LogP contribution is -2.49. The number of carbonyl (C=O) groups excluding carboxylic acids is 1. The van der Waals surface area contributed by atoms with Crippen LogP contribution < -0.4 is 0 Å². The molecule has 126 valence electrons. The predicted octanol–water partition coefficient (Wildman–Crippen LogP) is 2.02. The first kappa shape index (κ1) is 16.0. The van der Waals surface area contributed by atoms with E-state index in [2.05, 4.69) is 0 Å². The van der Waals surface area contributed by atoms with E-state index >= 15 is 0 Å². The number of nitro benzene ring substituents is 1. The summed E-state index contributed by atoms with van der Waals surface area (Å²) in [6, 6.07) is 5.39. The van der Waals surface area contributed by atoms with Crippen LogP contribution in [-0.2, 0) is 16.1 Å². The minimum absolute atomic E-state index is 0.00597. The summed E-state index contributed by atoms with van der Waals surface area (Å²) >= 11 is 0. The van der Waals surface area contributed by atoms with Crippen molar-refractivity contribution in [1.29, 1.82) is 0 Å². The molecule has 0 aliphatic carbocycles. The topological polar surface area (TPSA) is 106 Å². The molecule has 1 aliphatic rings. The highest BCUT2D eigenvalue weighted by atomic mass is 16.6. The van der Waals surface area contributed by atoms with Crippen LogP contribution in [0.1, 0.15) is 19.3 Å². The standard InChI is InChI=1S/C16H17N3O5/c20-15(18-7-2-1-3-14(18)16(21)22)10-17-8-6-11-9-12(19(23)24)4-5-13(11)17/h4-6,8-9,14H,1-3,7,10H2,(H,21,22). The van der Waals surface area contributed by atoms with E-state index in [0.29, 0.717) is 23.9 Å². The highest BCUT2D eigenvalue weighted by molar-refractivity contribution is 5.87. The summed E-state index contributed by atoms with van der Waals surface area (Å²) in [6.07, 6.45) is 3.76. The number of hydrogen-bond donors (Lipinski definition) is 1. The van der Waals surface area contributed by atoms with Gasteiger partial charge >= 0.3 is 5.97 Å². The average molecular weight is 331 g/mol. The number of nitrogens with zero attached hydrogens (tertiary/aromatic N) is 3. The molecular formula is C16H17N3O5. The molecular weight excluding hydrogens is 314 g/mol. The fourth-order valence-electron chi connectivity index (χ4n) is 3.16. The van der Waals surface area contributed by atoms with Crippen LogP contribution in [-0.4, -0.2) is 44.0 Å². The first-order valence-corrected chi connectivity index (χ1v) is 7.73. The number of non-ortho nitro benzene ring substituents is 1. The van der Waals surface area contributed by atoms with Gasteiger partial charge in [0.1, 0.15) is 12.6 Å². The van der Waals surface area contributed by atoms with Crippen molar-refractivity contribution in [3.05, 3.63) is 40.6 Å². The van der Waals surface area contributed by atoms with E-state index in [1.807, 2.05) is 0 Å². The van der Waals surface area contributed by atoms with E-state index in [9.17, 15) is 24.8 Å². The van der Waals surface area contributed by atoms with Crippen molar-refractivity contribution >= 4 is 28.5 Å². The van der Waals surface area contributed by atoms with Gasteiger partial charge in [-0.3, -0.25) is 14.9 Å². The summed E-state index contributed by atoms with van der Waals surface area (Å²) < 4.78 is 1.69. The molecule has 2 aromatic rings. The summed E-state index contributed by atoms with van der Waals surface area (Å²) in [5, 5.41) is 20.8. The molecule has 1 saturated heterocycles. The van der Waals surface area contributed by atoms with Gasteiger partial charge in [-0.05, 0) is 31.4 Å². The van der Waals surface area contributed by atoms with Gasteiger partial charge in [-0.2, -0.15) is 0 Å². The fraction of sp³-hybridized carbons (Fsp3) is 0.375. The molecule has 1 N–H and O–H groups in total. The first-order chi connectivity index (χ1) is 11.5. The van der Waals surface area contributed by atoms with E-state index < -0.39 is 16.9 Å². The van der Waals surface area contributed by atoms with Crippen LogP contribution >= 0.6 is 0 Å². The molecule has 1 fully saturated rings. The smallest absolute Gasteiger partial charge is 0.326 e. The number of carbonyl (C=O) groups is 2. The van der Waals surface area contributed by atoms with Crippen molar-refractivity contribution < 1.29 is 19.6 Å². The SMILES string of the molecule is O=C(O)C1CCCCN1C(=O)Cn1ccc2cc([N+](=O)[O-])ccc21. The summed E-state index contributed by atoms with van der Waals surface area (Å²) in [5.74, 6) is -1.23. The molecule has 2 heterocycles. The number of likely N-dealkylation sites (tertiary alicyclic amines) is 1. The van der Waals surface area contributed by atoms with Gasteiger partial charge in [0.15, 0.2) is 0 Å². The first-order valence-electron chi connectivity index (χ1n) is 7.73. The van der Waals surface area contributed by atoms with Gasteiger partial charge in [-0.15, -0.1) is 0 Å². The Morgan fingerprint density at radius 2 is 2.08 bits per heavy atom. The molecule has 1 aromatic carbocycles. The Kier molecular flexibility index (Phi) is 4.20. The third kappa shape index (κ3) is 2.94. The maximum atomic E-state index is 12.5. The van der Waals surface area contributed by atoms with Gasteiger partial charge < -0.3 is 14.6 Å². The minimum Gasteiger partial charge on any atom is -0.480 e. The lowest BCUT2D eigenvalue weighted by atomic mass is 10.0. The molecule has 1 aromatic heterocycles. The number of aliphatic carboxylic acids is 1. The lowest BCUT2D eigenvalue weighted by molar-refractivity contribution is -0.384. The molecule has 0 radical (unpaired) electrons. The number of amides is 1. The molecule has 0 saturated carbocycles. The predicted molar refractivity (Wildman–Crippen MR) is 85.6 cm³/mol. The molecule has 24 heavy (non-hydrogen) atoms. The average Bonchev–Trinajstić information content (AvgIpc) is 2.97. The van der Waals surface area contributed by atoms with Crippen LogP contribution in [0.15, 0.2) is 30.5 Å². The number of rotatable bonds is 4. The Labute approximate surface area is 137 Å². The fourth-order valence-corrected chi connectivity index (χ4v) is 3.16. The zero-order valence-corrected chi connectivity index (χ0v) is 12.9. The van der Waals surface area contributed by atoms with Crippen LogP contribution in [0.4, 0.5) is 5.69 Å². The van der Waals surface area contributed by atoms with Crippen molar-refractivity contribution in [2.24, 2.45) is 0 Å². The molecule has 1 aliphatic heterocycles. The molecule has 8 nitrogen and oxygen atoms in total. The second-order valence-electron chi connectivity index (χ2n) is 5.88. The number of fused-ring (bicyclic) bond motifs is 1. The summed E-state index contributed by atoms with van der Waals surface area (Å²) in [7, 11) is 0. The normalized spacial score (nSPS) is 17.8. The van der Waals surface area contributed by atoms with Crippen molar-refractivity contribution in [3.63, 3.8) is 0 Å². The second-order valence-corrected chi connectivity index (χ2v) is 5.88. The summed E-state index contributed by atoms with van der Waals surface area (Å²) in [6.45, 7) is 0.464. The van der Waals surface area contributed by atoms with E-state index in [4.69, 9.17) is 0 Å². The maximum Gasteiger partial charge on any atom is 0.326 e. The lowest BCUT2D eigenvalue weighted by Gasteiger charge is -2.33. The molecule has 8 heteroatoms. The molecule has 1 unspecified atom stereocenters. The van der Waals surface area contributed by atoms with Crippen molar-refractivity contribution in [1.82, 2.24) is 9.47 Å². The van der Waals surface area contributed by atoms with Gasteiger partial charge in [0.2, 0.25) is 5.91 Å². The zero-order valence-electron chi connectivity index (χ0n) is 12.9. The van der Waals surface area contributed by atoms with Gasteiger partial charge in [-0.1, -0.05) is 0 Å². The Hall–Kier alpha value is -2.90. The van der Waals surface area contributed by atoms with Crippen molar-refractivity contribution in [3.8, 4) is 0 Å². The van der Waals surface area contributed by atoms with Gasteiger partial charge in [0, 0.05) is 35.8 Å². The van der Waals surface area contributed by atoms with E-state index in [1.165, 1.54) is 17.0 Å². The number of carboxylic acid groups (broad SMARTS) is 1.